The van der Waals surface area contributed by atoms with Crippen molar-refractivity contribution in [3.05, 3.63) is 12.3 Å². The van der Waals surface area contributed by atoms with Crippen molar-refractivity contribution in [2.24, 2.45) is 5.92 Å². The molecule has 0 spiro atoms. The van der Waals surface area contributed by atoms with Crippen LogP contribution in [-0.2, 0) is 14.3 Å². The molecule has 1 aliphatic rings. The van der Waals surface area contributed by atoms with Gasteiger partial charge in [-0.05, 0) is 33.6 Å². The molecule has 0 aliphatic heterocycles. The van der Waals surface area contributed by atoms with Gasteiger partial charge in [0, 0.05) is 12.1 Å². The molecule has 110 valence electrons. The summed E-state index contributed by atoms with van der Waals surface area (Å²) in [6.07, 6.45) is 3.63. The predicted octanol–water partition coefficient (Wildman–Crippen LogP) is 2.13. The third-order valence-electron chi connectivity index (χ3n) is 3.51. The van der Waals surface area contributed by atoms with Gasteiger partial charge in [-0.2, -0.15) is 5.10 Å². The lowest BCUT2D eigenvalue weighted by Gasteiger charge is -2.25. The number of ether oxygens (including phenoxy) is 1. The molecule has 20 heavy (non-hydrogen) atoms. The fourth-order valence-electron chi connectivity index (χ4n) is 2.02. The van der Waals surface area contributed by atoms with E-state index in [1.165, 1.54) is 0 Å². The van der Waals surface area contributed by atoms with Crippen LogP contribution in [0.15, 0.2) is 12.3 Å². The number of carbonyl (C=O) groups excluding carboxylic acids is 2. The SMILES string of the molecule is CC(OC(=O)C1CCC1)C(=O)Nc1ccnn1C(C)C. The first-order valence-corrected chi connectivity index (χ1v) is 7.04. The second-order valence-electron chi connectivity index (χ2n) is 5.45. The summed E-state index contributed by atoms with van der Waals surface area (Å²) in [4.78, 5) is 23.7. The Bertz CT molecular complexity index is 492. The molecule has 1 aromatic heterocycles. The summed E-state index contributed by atoms with van der Waals surface area (Å²) < 4.78 is 6.89. The number of rotatable bonds is 5. The fourth-order valence-corrected chi connectivity index (χ4v) is 2.02. The third-order valence-corrected chi connectivity index (χ3v) is 3.51. The topological polar surface area (TPSA) is 73.2 Å². The summed E-state index contributed by atoms with van der Waals surface area (Å²) in [6.45, 7) is 5.54. The Kier molecular flexibility index (Phi) is 4.42. The van der Waals surface area contributed by atoms with Gasteiger partial charge in [0.15, 0.2) is 6.10 Å². The van der Waals surface area contributed by atoms with Crippen LogP contribution < -0.4 is 5.32 Å². The zero-order valence-corrected chi connectivity index (χ0v) is 12.1. The largest absolute Gasteiger partial charge is 0.452 e. The molecule has 2 rings (SSSR count). The van der Waals surface area contributed by atoms with E-state index in [1.54, 1.807) is 23.9 Å². The van der Waals surface area contributed by atoms with Crippen molar-refractivity contribution >= 4 is 17.7 Å². The quantitative estimate of drug-likeness (QED) is 0.838. The van der Waals surface area contributed by atoms with Crippen LogP contribution in [0.25, 0.3) is 0 Å². The molecule has 0 radical (unpaired) electrons. The maximum atomic E-state index is 12.0. The number of hydrogen-bond donors (Lipinski definition) is 1. The zero-order valence-electron chi connectivity index (χ0n) is 12.1. The maximum absolute atomic E-state index is 12.0. The number of amides is 1. The van der Waals surface area contributed by atoms with Crippen LogP contribution in [0.3, 0.4) is 0 Å². The molecule has 1 heterocycles. The van der Waals surface area contributed by atoms with Crippen LogP contribution in [0, 0.1) is 5.92 Å². The van der Waals surface area contributed by atoms with E-state index in [4.69, 9.17) is 4.74 Å². The summed E-state index contributed by atoms with van der Waals surface area (Å²) in [6, 6.07) is 1.87. The summed E-state index contributed by atoms with van der Waals surface area (Å²) in [5.41, 5.74) is 0. The molecule has 6 heteroatoms. The first-order valence-electron chi connectivity index (χ1n) is 7.04. The monoisotopic (exact) mass is 279 g/mol. The molecule has 6 nitrogen and oxygen atoms in total. The van der Waals surface area contributed by atoms with Gasteiger partial charge in [-0.1, -0.05) is 6.42 Å². The summed E-state index contributed by atoms with van der Waals surface area (Å²) in [5.74, 6) is -0.0145. The van der Waals surface area contributed by atoms with Crippen molar-refractivity contribution in [1.82, 2.24) is 9.78 Å². The second kappa shape index (κ2) is 6.07. The molecule has 1 aliphatic carbocycles. The predicted molar refractivity (Wildman–Crippen MR) is 74.1 cm³/mol. The van der Waals surface area contributed by atoms with E-state index in [0.29, 0.717) is 5.82 Å². The van der Waals surface area contributed by atoms with Crippen LogP contribution in [0.2, 0.25) is 0 Å². The van der Waals surface area contributed by atoms with Gasteiger partial charge in [0.05, 0.1) is 12.1 Å². The Morgan fingerprint density at radius 2 is 2.10 bits per heavy atom. The summed E-state index contributed by atoms with van der Waals surface area (Å²) >= 11 is 0. The molecule has 0 aromatic carbocycles. The van der Waals surface area contributed by atoms with Gasteiger partial charge >= 0.3 is 5.97 Å². The van der Waals surface area contributed by atoms with E-state index in [2.05, 4.69) is 10.4 Å². The van der Waals surface area contributed by atoms with E-state index < -0.39 is 6.10 Å². The Balaban J connectivity index is 1.90. The Morgan fingerprint density at radius 1 is 1.40 bits per heavy atom. The molecule has 1 unspecified atom stereocenters. The number of nitrogens with one attached hydrogen (secondary N) is 1. The van der Waals surface area contributed by atoms with Crippen LogP contribution in [-0.4, -0.2) is 27.8 Å². The molecule has 1 aromatic rings. The standard InChI is InChI=1S/C14H21N3O3/c1-9(2)17-12(7-8-15-17)16-13(18)10(3)20-14(19)11-5-4-6-11/h7-11H,4-6H2,1-3H3,(H,16,18). The maximum Gasteiger partial charge on any atom is 0.309 e. The number of anilines is 1. The molecular formula is C14H21N3O3. The average molecular weight is 279 g/mol. The van der Waals surface area contributed by atoms with Gasteiger partial charge in [-0.25, -0.2) is 4.68 Å². The number of nitrogens with zero attached hydrogens (tertiary/aromatic N) is 2. The van der Waals surface area contributed by atoms with E-state index >= 15 is 0 Å². The molecule has 1 fully saturated rings. The lowest BCUT2D eigenvalue weighted by atomic mass is 9.86. The first kappa shape index (κ1) is 14.6. The van der Waals surface area contributed by atoms with Gasteiger partial charge in [-0.3, -0.25) is 9.59 Å². The highest BCUT2D eigenvalue weighted by Crippen LogP contribution is 2.27. The van der Waals surface area contributed by atoms with Gasteiger partial charge in [0.1, 0.15) is 5.82 Å². The number of hydrogen-bond acceptors (Lipinski definition) is 4. The van der Waals surface area contributed by atoms with E-state index in [1.807, 2.05) is 13.8 Å². The average Bonchev–Trinajstić information content (AvgIpc) is 2.74. The van der Waals surface area contributed by atoms with Crippen molar-refractivity contribution in [1.29, 1.82) is 0 Å². The normalized spacial score (nSPS) is 16.6. The number of carbonyl (C=O) groups is 2. The summed E-state index contributed by atoms with van der Waals surface area (Å²) in [5, 5.41) is 6.87. The molecule has 1 atom stereocenters. The van der Waals surface area contributed by atoms with E-state index in [-0.39, 0.29) is 23.8 Å². The smallest absolute Gasteiger partial charge is 0.309 e. The molecule has 1 N–H and O–H groups in total. The van der Waals surface area contributed by atoms with E-state index in [0.717, 1.165) is 19.3 Å². The van der Waals surface area contributed by atoms with Crippen molar-refractivity contribution in [2.45, 2.75) is 52.2 Å². The highest BCUT2D eigenvalue weighted by atomic mass is 16.5. The third kappa shape index (κ3) is 3.18. The van der Waals surface area contributed by atoms with Gasteiger partial charge in [0.2, 0.25) is 0 Å². The van der Waals surface area contributed by atoms with Crippen LogP contribution >= 0.6 is 0 Å². The van der Waals surface area contributed by atoms with Crippen LogP contribution in [0.1, 0.15) is 46.1 Å². The van der Waals surface area contributed by atoms with Crippen molar-refractivity contribution in [3.8, 4) is 0 Å². The zero-order chi connectivity index (χ0) is 14.7. The lowest BCUT2D eigenvalue weighted by molar-refractivity contribution is -0.159. The Morgan fingerprint density at radius 3 is 2.65 bits per heavy atom. The Hall–Kier alpha value is -1.85. The minimum atomic E-state index is -0.793. The van der Waals surface area contributed by atoms with Gasteiger partial charge in [0.25, 0.3) is 5.91 Å². The minimum Gasteiger partial charge on any atom is -0.452 e. The molecular weight excluding hydrogens is 258 g/mol. The van der Waals surface area contributed by atoms with Gasteiger partial charge < -0.3 is 10.1 Å². The van der Waals surface area contributed by atoms with Crippen LogP contribution in [0.5, 0.6) is 0 Å². The number of aromatic nitrogens is 2. The highest BCUT2D eigenvalue weighted by Gasteiger charge is 2.29. The number of esters is 1. The molecule has 1 saturated carbocycles. The Labute approximate surface area is 118 Å². The molecule has 0 bridgehead atoms. The molecule has 1 amide bonds. The van der Waals surface area contributed by atoms with Crippen LogP contribution in [0.4, 0.5) is 5.82 Å². The van der Waals surface area contributed by atoms with Crippen molar-refractivity contribution < 1.29 is 14.3 Å². The first-order chi connectivity index (χ1) is 9.49. The van der Waals surface area contributed by atoms with Crippen molar-refractivity contribution in [3.63, 3.8) is 0 Å². The molecule has 0 saturated heterocycles. The lowest BCUT2D eigenvalue weighted by Crippen LogP contribution is -2.34. The fraction of sp³-hybridized carbons (Fsp3) is 0.643. The van der Waals surface area contributed by atoms with E-state index in [9.17, 15) is 9.59 Å². The summed E-state index contributed by atoms with van der Waals surface area (Å²) in [7, 11) is 0. The van der Waals surface area contributed by atoms with Gasteiger partial charge in [-0.15, -0.1) is 0 Å². The minimum absolute atomic E-state index is 0.0218. The highest BCUT2D eigenvalue weighted by molar-refractivity contribution is 5.94. The van der Waals surface area contributed by atoms with Crippen molar-refractivity contribution in [2.75, 3.05) is 5.32 Å². The second-order valence-corrected chi connectivity index (χ2v) is 5.45.